The lowest BCUT2D eigenvalue weighted by Gasteiger charge is -2.28. The summed E-state index contributed by atoms with van der Waals surface area (Å²) in [6.45, 7) is 2.15. The maximum Gasteiger partial charge on any atom is 0.271 e. The van der Waals surface area contributed by atoms with Gasteiger partial charge < -0.3 is 19.9 Å². The van der Waals surface area contributed by atoms with Gasteiger partial charge in [0.2, 0.25) is 0 Å². The van der Waals surface area contributed by atoms with Gasteiger partial charge in [-0.1, -0.05) is 0 Å². The van der Waals surface area contributed by atoms with Gasteiger partial charge in [-0.25, -0.2) is 4.98 Å². The normalized spacial score (nSPS) is 22.0. The second kappa shape index (κ2) is 6.88. The highest BCUT2D eigenvalue weighted by molar-refractivity contribution is 5.92. The molecule has 1 aliphatic heterocycles. The van der Waals surface area contributed by atoms with Crippen LogP contribution in [0.25, 0.3) is 0 Å². The van der Waals surface area contributed by atoms with Crippen molar-refractivity contribution < 1.29 is 9.53 Å². The Morgan fingerprint density at radius 1 is 1.68 bits per heavy atom. The topological polar surface area (TPSA) is 68.2 Å². The van der Waals surface area contributed by atoms with Crippen molar-refractivity contribution in [2.45, 2.75) is 18.4 Å². The summed E-state index contributed by atoms with van der Waals surface area (Å²) in [4.78, 5) is 15.9. The van der Waals surface area contributed by atoms with E-state index < -0.39 is 0 Å². The van der Waals surface area contributed by atoms with E-state index in [1.54, 1.807) is 24.2 Å². The molecule has 0 saturated carbocycles. The third kappa shape index (κ3) is 3.92. The van der Waals surface area contributed by atoms with Crippen LogP contribution in [0.4, 0.5) is 0 Å². The van der Waals surface area contributed by atoms with Gasteiger partial charge in [0.05, 0.1) is 18.5 Å². The molecule has 1 amide bonds. The molecule has 2 N–H and O–H groups in total. The van der Waals surface area contributed by atoms with Crippen LogP contribution >= 0.6 is 12.4 Å². The van der Waals surface area contributed by atoms with Crippen LogP contribution in [0.2, 0.25) is 0 Å². The number of imidazole rings is 1. The van der Waals surface area contributed by atoms with Crippen LogP contribution in [-0.4, -0.2) is 47.8 Å². The molecular formula is C12H21ClN4O2. The minimum atomic E-state index is -0.139. The fourth-order valence-corrected chi connectivity index (χ4v) is 2.34. The molecule has 0 aliphatic carbocycles. The fourth-order valence-electron chi connectivity index (χ4n) is 2.34. The first kappa shape index (κ1) is 15.9. The van der Waals surface area contributed by atoms with Gasteiger partial charge in [-0.05, 0) is 19.4 Å². The van der Waals surface area contributed by atoms with Crippen molar-refractivity contribution in [2.24, 2.45) is 7.05 Å². The smallest absolute Gasteiger partial charge is 0.271 e. The van der Waals surface area contributed by atoms with Gasteiger partial charge in [0.15, 0.2) is 0 Å². The molecule has 1 aromatic rings. The highest BCUT2D eigenvalue weighted by atomic mass is 35.5. The molecule has 1 aliphatic rings. The Bertz CT molecular complexity index is 416. The molecule has 1 atom stereocenters. The largest absolute Gasteiger partial charge is 0.383 e. The van der Waals surface area contributed by atoms with Gasteiger partial charge in [-0.3, -0.25) is 4.79 Å². The molecule has 1 saturated heterocycles. The van der Waals surface area contributed by atoms with Crippen LogP contribution in [0.5, 0.6) is 0 Å². The molecule has 0 spiro atoms. The van der Waals surface area contributed by atoms with Gasteiger partial charge in [0, 0.05) is 26.9 Å². The van der Waals surface area contributed by atoms with E-state index in [4.69, 9.17) is 4.74 Å². The lowest BCUT2D eigenvalue weighted by molar-refractivity contribution is 0.0888. The molecule has 0 aromatic carbocycles. The number of rotatable bonds is 5. The average molecular weight is 289 g/mol. The number of nitrogens with zero attached hydrogens (tertiary/aromatic N) is 2. The van der Waals surface area contributed by atoms with Crippen molar-refractivity contribution >= 4 is 18.3 Å². The standard InChI is InChI=1S/C12H20N4O2.ClH/c1-16-6-10(14-9-16)11(17)13-7-12(8-18-2)4-3-5-15-12;/h6,9,15H,3-5,7-8H2,1-2H3,(H,13,17);1H. The zero-order chi connectivity index (χ0) is 13.0. The van der Waals surface area contributed by atoms with Crippen molar-refractivity contribution in [2.75, 3.05) is 26.8 Å². The minimum Gasteiger partial charge on any atom is -0.383 e. The van der Waals surface area contributed by atoms with Gasteiger partial charge >= 0.3 is 0 Å². The first-order valence-corrected chi connectivity index (χ1v) is 6.15. The summed E-state index contributed by atoms with van der Waals surface area (Å²) >= 11 is 0. The van der Waals surface area contributed by atoms with E-state index in [2.05, 4.69) is 15.6 Å². The molecule has 2 heterocycles. The summed E-state index contributed by atoms with van der Waals surface area (Å²) in [5.74, 6) is -0.139. The second-order valence-corrected chi connectivity index (χ2v) is 4.85. The van der Waals surface area contributed by atoms with Crippen molar-refractivity contribution in [1.82, 2.24) is 20.2 Å². The molecule has 7 heteroatoms. The zero-order valence-electron chi connectivity index (χ0n) is 11.3. The first-order chi connectivity index (χ1) is 8.65. The van der Waals surface area contributed by atoms with E-state index in [1.807, 2.05) is 7.05 Å². The number of aryl methyl sites for hydroxylation is 1. The number of carbonyl (C=O) groups is 1. The number of ether oxygens (including phenoxy) is 1. The molecule has 108 valence electrons. The van der Waals surface area contributed by atoms with Crippen LogP contribution in [0.15, 0.2) is 12.5 Å². The summed E-state index contributed by atoms with van der Waals surface area (Å²) < 4.78 is 7.00. The van der Waals surface area contributed by atoms with E-state index in [1.165, 1.54) is 0 Å². The van der Waals surface area contributed by atoms with Crippen molar-refractivity contribution in [1.29, 1.82) is 0 Å². The van der Waals surface area contributed by atoms with Crippen molar-refractivity contribution in [3.63, 3.8) is 0 Å². The monoisotopic (exact) mass is 288 g/mol. The summed E-state index contributed by atoms with van der Waals surface area (Å²) in [5, 5.41) is 6.34. The Hall–Kier alpha value is -1.11. The van der Waals surface area contributed by atoms with Crippen LogP contribution in [0, 0.1) is 0 Å². The molecule has 19 heavy (non-hydrogen) atoms. The predicted molar refractivity (Wildman–Crippen MR) is 74.6 cm³/mol. The number of amides is 1. The van der Waals surface area contributed by atoms with Crippen LogP contribution in [0.3, 0.4) is 0 Å². The quantitative estimate of drug-likeness (QED) is 0.820. The second-order valence-electron chi connectivity index (χ2n) is 4.85. The summed E-state index contributed by atoms with van der Waals surface area (Å²) in [6, 6.07) is 0. The SMILES string of the molecule is COCC1(CNC(=O)c2cn(C)cn2)CCCN1.Cl. The van der Waals surface area contributed by atoms with Crippen LogP contribution < -0.4 is 10.6 Å². The Kier molecular flexibility index (Phi) is 5.78. The molecular weight excluding hydrogens is 268 g/mol. The maximum absolute atomic E-state index is 11.9. The molecule has 1 fully saturated rings. The van der Waals surface area contributed by atoms with E-state index in [-0.39, 0.29) is 23.9 Å². The van der Waals surface area contributed by atoms with E-state index in [0.717, 1.165) is 19.4 Å². The highest BCUT2D eigenvalue weighted by Crippen LogP contribution is 2.18. The van der Waals surface area contributed by atoms with Gasteiger partial charge in [0.1, 0.15) is 5.69 Å². The molecule has 1 unspecified atom stereocenters. The number of carbonyl (C=O) groups excluding carboxylic acids is 1. The Morgan fingerprint density at radius 3 is 3.00 bits per heavy atom. The zero-order valence-corrected chi connectivity index (χ0v) is 12.1. The van der Waals surface area contributed by atoms with E-state index >= 15 is 0 Å². The number of nitrogens with one attached hydrogen (secondary N) is 2. The van der Waals surface area contributed by atoms with Gasteiger partial charge in [0.25, 0.3) is 5.91 Å². The van der Waals surface area contributed by atoms with Crippen LogP contribution in [0.1, 0.15) is 23.3 Å². The van der Waals surface area contributed by atoms with Gasteiger partial charge in [-0.15, -0.1) is 12.4 Å². The molecule has 0 bridgehead atoms. The lowest BCUT2D eigenvalue weighted by Crippen LogP contribution is -2.53. The molecule has 6 nitrogen and oxygen atoms in total. The number of hydrogen-bond acceptors (Lipinski definition) is 4. The third-order valence-corrected chi connectivity index (χ3v) is 3.28. The maximum atomic E-state index is 11.9. The van der Waals surface area contributed by atoms with Gasteiger partial charge in [-0.2, -0.15) is 0 Å². The van der Waals surface area contributed by atoms with Crippen LogP contribution in [-0.2, 0) is 11.8 Å². The highest BCUT2D eigenvalue weighted by Gasteiger charge is 2.33. The van der Waals surface area contributed by atoms with E-state index in [9.17, 15) is 4.79 Å². The lowest BCUT2D eigenvalue weighted by atomic mass is 9.98. The number of aromatic nitrogens is 2. The summed E-state index contributed by atoms with van der Waals surface area (Å²) in [6.07, 6.45) is 5.46. The molecule has 0 radical (unpaired) electrons. The Balaban J connectivity index is 0.00000180. The van der Waals surface area contributed by atoms with Crippen molar-refractivity contribution in [3.05, 3.63) is 18.2 Å². The summed E-state index contributed by atoms with van der Waals surface area (Å²) in [7, 11) is 3.52. The van der Waals surface area contributed by atoms with E-state index in [0.29, 0.717) is 18.8 Å². The predicted octanol–water partition coefficient (Wildman–Crippen LogP) is 0.340. The number of hydrogen-bond donors (Lipinski definition) is 2. The number of methoxy groups -OCH3 is 1. The Morgan fingerprint density at radius 2 is 2.47 bits per heavy atom. The van der Waals surface area contributed by atoms with Crippen molar-refractivity contribution in [3.8, 4) is 0 Å². The Labute approximate surface area is 119 Å². The third-order valence-electron chi connectivity index (χ3n) is 3.28. The minimum absolute atomic E-state index is 0. The molecule has 2 rings (SSSR count). The molecule has 1 aromatic heterocycles. The number of halogens is 1. The average Bonchev–Trinajstić information content (AvgIpc) is 2.97. The fraction of sp³-hybridized carbons (Fsp3) is 0.667. The first-order valence-electron chi connectivity index (χ1n) is 6.15. The summed E-state index contributed by atoms with van der Waals surface area (Å²) in [5.41, 5.74) is 0.321.